The van der Waals surface area contributed by atoms with Crippen molar-refractivity contribution in [1.82, 2.24) is 19.6 Å². The van der Waals surface area contributed by atoms with Gasteiger partial charge in [0.25, 0.3) is 0 Å². The highest BCUT2D eigenvalue weighted by atomic mass is 16.5. The Hall–Kier alpha value is -3.03. The van der Waals surface area contributed by atoms with Crippen molar-refractivity contribution in [3.8, 4) is 0 Å². The molecular formula is C21H30N6O2. The number of carbonyl (C=O) groups is 1. The molecule has 3 rings (SSSR count). The summed E-state index contributed by atoms with van der Waals surface area (Å²) in [5, 5.41) is 0. The van der Waals surface area contributed by atoms with Gasteiger partial charge >= 0.3 is 5.97 Å². The standard InChI is InChI=1S/C21H30N6O2/c1-6-29-19(28)10-8-16-7-9-17(22-20-24(2)11-12-25(20)3)18(15-16)23-21-26(4)13-14-27(21)5/h7-10,15H,6,11-14H2,1-5H3/b10-8+. The van der Waals surface area contributed by atoms with Crippen LogP contribution in [0, 0.1) is 0 Å². The molecule has 1 aromatic carbocycles. The van der Waals surface area contributed by atoms with Crippen molar-refractivity contribution in [1.29, 1.82) is 0 Å². The zero-order valence-corrected chi connectivity index (χ0v) is 17.9. The molecule has 0 radical (unpaired) electrons. The molecule has 0 aliphatic carbocycles. The van der Waals surface area contributed by atoms with Gasteiger partial charge in [-0.25, -0.2) is 14.8 Å². The van der Waals surface area contributed by atoms with Crippen molar-refractivity contribution in [2.45, 2.75) is 6.92 Å². The molecule has 0 bridgehead atoms. The Bertz CT molecular complexity index is 824. The molecule has 0 amide bonds. The molecule has 0 saturated carbocycles. The van der Waals surface area contributed by atoms with E-state index in [2.05, 4.69) is 19.6 Å². The van der Waals surface area contributed by atoms with Crippen LogP contribution in [0.1, 0.15) is 12.5 Å². The molecule has 1 aromatic rings. The Kier molecular flexibility index (Phi) is 6.41. The van der Waals surface area contributed by atoms with Crippen LogP contribution >= 0.6 is 0 Å². The third kappa shape index (κ3) is 4.88. The van der Waals surface area contributed by atoms with Gasteiger partial charge in [-0.1, -0.05) is 6.07 Å². The van der Waals surface area contributed by atoms with Crippen molar-refractivity contribution in [2.24, 2.45) is 9.98 Å². The second-order valence-electron chi connectivity index (χ2n) is 7.34. The maximum Gasteiger partial charge on any atom is 0.330 e. The molecular weight excluding hydrogens is 368 g/mol. The topological polar surface area (TPSA) is 64.0 Å². The molecule has 2 aliphatic heterocycles. The first-order valence-corrected chi connectivity index (χ1v) is 9.90. The fourth-order valence-corrected chi connectivity index (χ4v) is 3.32. The summed E-state index contributed by atoms with van der Waals surface area (Å²) in [5.41, 5.74) is 2.45. The lowest BCUT2D eigenvalue weighted by Crippen LogP contribution is -2.28. The van der Waals surface area contributed by atoms with Crippen molar-refractivity contribution in [3.05, 3.63) is 29.8 Å². The SMILES string of the molecule is CCOC(=O)/C=C/c1ccc(N=C2N(C)CCN2C)c(N=C2N(C)CCN2C)c1. The number of benzene rings is 1. The summed E-state index contributed by atoms with van der Waals surface area (Å²) in [6.07, 6.45) is 3.18. The van der Waals surface area contributed by atoms with Gasteiger partial charge in [-0.05, 0) is 30.7 Å². The number of likely N-dealkylation sites (N-methyl/N-ethyl adjacent to an activating group) is 4. The number of nitrogens with zero attached hydrogens (tertiary/aromatic N) is 6. The van der Waals surface area contributed by atoms with Crippen LogP contribution in [0.25, 0.3) is 6.08 Å². The molecule has 156 valence electrons. The zero-order valence-electron chi connectivity index (χ0n) is 17.9. The van der Waals surface area contributed by atoms with Gasteiger partial charge in [0, 0.05) is 60.4 Å². The van der Waals surface area contributed by atoms with E-state index < -0.39 is 0 Å². The summed E-state index contributed by atoms with van der Waals surface area (Å²) in [5.74, 6) is 1.48. The molecule has 29 heavy (non-hydrogen) atoms. The first-order valence-electron chi connectivity index (χ1n) is 9.90. The largest absolute Gasteiger partial charge is 0.463 e. The first kappa shape index (κ1) is 20.7. The number of ether oxygens (including phenoxy) is 1. The van der Waals surface area contributed by atoms with Gasteiger partial charge in [-0.2, -0.15) is 0 Å². The van der Waals surface area contributed by atoms with Crippen LogP contribution in [0.2, 0.25) is 0 Å². The van der Waals surface area contributed by atoms with E-state index in [1.807, 2.05) is 46.4 Å². The van der Waals surface area contributed by atoms with Crippen molar-refractivity contribution < 1.29 is 9.53 Å². The van der Waals surface area contributed by atoms with Gasteiger partial charge in [0.15, 0.2) is 0 Å². The van der Waals surface area contributed by atoms with Gasteiger partial charge in [0.05, 0.1) is 18.0 Å². The van der Waals surface area contributed by atoms with E-state index in [1.165, 1.54) is 6.08 Å². The highest BCUT2D eigenvalue weighted by Crippen LogP contribution is 2.31. The maximum absolute atomic E-state index is 11.7. The van der Waals surface area contributed by atoms with E-state index in [0.717, 1.165) is 55.0 Å². The third-order valence-electron chi connectivity index (χ3n) is 5.05. The minimum atomic E-state index is -0.353. The molecule has 2 fully saturated rings. The highest BCUT2D eigenvalue weighted by molar-refractivity contribution is 5.91. The summed E-state index contributed by atoms with van der Waals surface area (Å²) in [4.78, 5) is 30.0. The fourth-order valence-electron chi connectivity index (χ4n) is 3.32. The fraction of sp³-hybridized carbons (Fsp3) is 0.476. The van der Waals surface area contributed by atoms with E-state index in [0.29, 0.717) is 6.61 Å². The number of hydrogen-bond acceptors (Lipinski definition) is 4. The van der Waals surface area contributed by atoms with Gasteiger partial charge in [0.2, 0.25) is 11.9 Å². The molecule has 0 atom stereocenters. The Labute approximate surface area is 172 Å². The average Bonchev–Trinajstić information content (AvgIpc) is 3.18. The minimum Gasteiger partial charge on any atom is -0.463 e. The van der Waals surface area contributed by atoms with E-state index in [4.69, 9.17) is 14.7 Å². The van der Waals surface area contributed by atoms with Crippen molar-refractivity contribution in [3.63, 3.8) is 0 Å². The van der Waals surface area contributed by atoms with Crippen LogP contribution < -0.4 is 0 Å². The van der Waals surface area contributed by atoms with Crippen molar-refractivity contribution in [2.75, 3.05) is 61.0 Å². The Morgan fingerprint density at radius 1 is 0.931 bits per heavy atom. The number of hydrogen-bond donors (Lipinski definition) is 0. The minimum absolute atomic E-state index is 0.353. The molecule has 2 heterocycles. The lowest BCUT2D eigenvalue weighted by atomic mass is 10.1. The van der Waals surface area contributed by atoms with Crippen LogP contribution in [0.3, 0.4) is 0 Å². The van der Waals surface area contributed by atoms with E-state index in [1.54, 1.807) is 13.0 Å². The summed E-state index contributed by atoms with van der Waals surface area (Å²) >= 11 is 0. The van der Waals surface area contributed by atoms with Gasteiger partial charge in [-0.15, -0.1) is 0 Å². The number of guanidine groups is 2. The van der Waals surface area contributed by atoms with Crippen LogP contribution in [0.5, 0.6) is 0 Å². The number of carbonyl (C=O) groups excluding carboxylic acids is 1. The number of aliphatic imine (C=N–C) groups is 2. The lowest BCUT2D eigenvalue weighted by Gasteiger charge is -2.18. The number of rotatable bonds is 5. The lowest BCUT2D eigenvalue weighted by molar-refractivity contribution is -0.137. The molecule has 8 heteroatoms. The Morgan fingerprint density at radius 3 is 1.97 bits per heavy atom. The van der Waals surface area contributed by atoms with Crippen LogP contribution in [-0.4, -0.2) is 98.5 Å². The predicted molar refractivity (Wildman–Crippen MR) is 117 cm³/mol. The Morgan fingerprint density at radius 2 is 1.45 bits per heavy atom. The predicted octanol–water partition coefficient (Wildman–Crippen LogP) is 1.99. The smallest absolute Gasteiger partial charge is 0.330 e. The van der Waals surface area contributed by atoms with Gasteiger partial charge < -0.3 is 24.3 Å². The molecule has 0 unspecified atom stereocenters. The van der Waals surface area contributed by atoms with E-state index >= 15 is 0 Å². The van der Waals surface area contributed by atoms with Gasteiger partial charge in [0.1, 0.15) is 0 Å². The second kappa shape index (κ2) is 8.98. The number of esters is 1. The molecule has 2 aliphatic rings. The highest BCUT2D eigenvalue weighted by Gasteiger charge is 2.22. The normalized spacial score (nSPS) is 17.0. The van der Waals surface area contributed by atoms with Crippen molar-refractivity contribution >= 4 is 35.3 Å². The van der Waals surface area contributed by atoms with E-state index in [-0.39, 0.29) is 5.97 Å². The molecule has 0 spiro atoms. The van der Waals surface area contributed by atoms with E-state index in [9.17, 15) is 4.79 Å². The average molecular weight is 399 g/mol. The van der Waals surface area contributed by atoms with Gasteiger partial charge in [-0.3, -0.25) is 0 Å². The monoisotopic (exact) mass is 398 g/mol. The third-order valence-corrected chi connectivity index (χ3v) is 5.05. The summed E-state index contributed by atoms with van der Waals surface area (Å²) in [7, 11) is 8.17. The maximum atomic E-state index is 11.7. The Balaban J connectivity index is 2.00. The molecule has 0 aromatic heterocycles. The summed E-state index contributed by atoms with van der Waals surface area (Å²) in [6.45, 7) is 5.92. The first-order chi connectivity index (χ1) is 13.9. The van der Waals surface area contributed by atoms with Crippen LogP contribution in [-0.2, 0) is 9.53 Å². The molecule has 0 N–H and O–H groups in total. The summed E-state index contributed by atoms with van der Waals surface area (Å²) < 4.78 is 4.97. The second-order valence-corrected chi connectivity index (χ2v) is 7.34. The zero-order chi connectivity index (χ0) is 21.0. The van der Waals surface area contributed by atoms with Crippen LogP contribution in [0.15, 0.2) is 34.3 Å². The van der Waals surface area contributed by atoms with Crippen LogP contribution in [0.4, 0.5) is 11.4 Å². The summed E-state index contributed by atoms with van der Waals surface area (Å²) in [6, 6.07) is 5.85. The molecule has 2 saturated heterocycles. The molecule has 8 nitrogen and oxygen atoms in total. The quantitative estimate of drug-likeness (QED) is 0.558.